The molecule has 0 radical (unpaired) electrons. The van der Waals surface area contributed by atoms with Crippen LogP contribution >= 0.6 is 0 Å². The highest BCUT2D eigenvalue weighted by molar-refractivity contribution is 5.98. The monoisotopic (exact) mass is 400 g/mol. The van der Waals surface area contributed by atoms with E-state index < -0.39 is 12.0 Å². The van der Waals surface area contributed by atoms with Gasteiger partial charge in [-0.1, -0.05) is 6.58 Å². The molecule has 3 heterocycles. The van der Waals surface area contributed by atoms with Gasteiger partial charge in [0.2, 0.25) is 0 Å². The van der Waals surface area contributed by atoms with Crippen molar-refractivity contribution in [1.82, 2.24) is 15.0 Å². The summed E-state index contributed by atoms with van der Waals surface area (Å²) in [7, 11) is 1.51. The number of fused-ring (bicyclic) bond motifs is 1. The first-order chi connectivity index (χ1) is 13.8. The minimum absolute atomic E-state index is 0.201. The summed E-state index contributed by atoms with van der Waals surface area (Å²) < 4.78 is 33.2. The van der Waals surface area contributed by atoms with E-state index in [1.807, 2.05) is 6.07 Å². The number of alkyl halides is 2. The third kappa shape index (κ3) is 4.38. The number of aromatic nitrogens is 3. The number of rotatable bonds is 8. The van der Waals surface area contributed by atoms with Gasteiger partial charge in [-0.25, -0.2) is 4.98 Å². The van der Waals surface area contributed by atoms with E-state index in [1.54, 1.807) is 18.5 Å². The molecule has 3 aromatic heterocycles. The van der Waals surface area contributed by atoms with Crippen molar-refractivity contribution in [3.63, 3.8) is 0 Å². The Bertz CT molecular complexity index is 1010. The van der Waals surface area contributed by atoms with E-state index in [-0.39, 0.29) is 24.3 Å². The molecule has 8 heteroatoms. The third-order valence-electron chi connectivity index (χ3n) is 4.44. The molecule has 0 spiro atoms. The molecule has 6 nitrogen and oxygen atoms in total. The smallest absolute Gasteiger partial charge is 0.295 e. The van der Waals surface area contributed by atoms with Crippen LogP contribution in [0.2, 0.25) is 0 Å². The summed E-state index contributed by atoms with van der Waals surface area (Å²) in [5, 5.41) is 13.6. The maximum Gasteiger partial charge on any atom is 0.295 e. The van der Waals surface area contributed by atoms with Crippen molar-refractivity contribution in [3.8, 4) is 11.3 Å². The fourth-order valence-electron chi connectivity index (χ4n) is 2.85. The molecule has 0 aliphatic rings. The van der Waals surface area contributed by atoms with E-state index in [0.29, 0.717) is 22.6 Å². The van der Waals surface area contributed by atoms with Crippen molar-refractivity contribution in [2.75, 3.05) is 25.6 Å². The zero-order chi connectivity index (χ0) is 21.0. The highest BCUT2D eigenvalue weighted by Crippen LogP contribution is 2.35. The minimum Gasteiger partial charge on any atom is -0.389 e. The molecule has 0 aromatic carbocycles. The second-order valence-electron chi connectivity index (χ2n) is 6.70. The fraction of sp³-hybridized carbons (Fsp3) is 0.286. The van der Waals surface area contributed by atoms with Gasteiger partial charge in [-0.2, -0.15) is 8.78 Å². The highest BCUT2D eigenvalue weighted by atomic mass is 19.3. The van der Waals surface area contributed by atoms with Gasteiger partial charge in [0.15, 0.2) is 0 Å². The van der Waals surface area contributed by atoms with Gasteiger partial charge in [-0.15, -0.1) is 0 Å². The molecule has 3 aromatic rings. The lowest BCUT2D eigenvalue weighted by Gasteiger charge is -2.17. The zero-order valence-corrected chi connectivity index (χ0v) is 16.2. The molecule has 2 N–H and O–H groups in total. The van der Waals surface area contributed by atoms with Crippen LogP contribution in [0.3, 0.4) is 0 Å². The molecule has 1 unspecified atom stereocenters. The lowest BCUT2D eigenvalue weighted by atomic mass is 10.0. The number of allylic oxidation sites excluding steroid dienone is 1. The molecule has 0 aliphatic carbocycles. The van der Waals surface area contributed by atoms with E-state index in [0.717, 1.165) is 11.6 Å². The summed E-state index contributed by atoms with van der Waals surface area (Å²) in [5.74, 6) is -2.58. The predicted molar refractivity (Wildman–Crippen MR) is 108 cm³/mol. The van der Waals surface area contributed by atoms with Crippen LogP contribution in [-0.2, 0) is 10.7 Å². The van der Waals surface area contributed by atoms with Gasteiger partial charge in [0.25, 0.3) is 5.92 Å². The van der Waals surface area contributed by atoms with Crippen molar-refractivity contribution >= 4 is 16.7 Å². The molecular formula is C21H22F2N4O2. The summed E-state index contributed by atoms with van der Waals surface area (Å²) in [6.07, 6.45) is 3.68. The Balaban J connectivity index is 1.95. The van der Waals surface area contributed by atoms with Crippen molar-refractivity contribution < 1.29 is 18.6 Å². The predicted octanol–water partition coefficient (Wildman–Crippen LogP) is 3.78. The fourth-order valence-corrected chi connectivity index (χ4v) is 2.85. The minimum atomic E-state index is -3.14. The number of hydrogen-bond donors (Lipinski definition) is 2. The van der Waals surface area contributed by atoms with E-state index >= 15 is 0 Å². The van der Waals surface area contributed by atoms with Crippen molar-refractivity contribution in [1.29, 1.82) is 0 Å². The molecule has 0 saturated carbocycles. The summed E-state index contributed by atoms with van der Waals surface area (Å²) in [6.45, 7) is 5.09. The Morgan fingerprint density at radius 1 is 1.24 bits per heavy atom. The van der Waals surface area contributed by atoms with Gasteiger partial charge in [-0.05, 0) is 36.8 Å². The van der Waals surface area contributed by atoms with Crippen LogP contribution in [0.5, 0.6) is 0 Å². The largest absolute Gasteiger partial charge is 0.389 e. The van der Waals surface area contributed by atoms with Gasteiger partial charge in [-0.3, -0.25) is 9.97 Å². The quantitative estimate of drug-likeness (QED) is 0.560. The summed E-state index contributed by atoms with van der Waals surface area (Å²) in [5.41, 5.74) is 1.26. The summed E-state index contributed by atoms with van der Waals surface area (Å²) in [4.78, 5) is 13.0. The average Bonchev–Trinajstić information content (AvgIpc) is 2.72. The number of aliphatic hydroxyl groups is 1. The molecule has 1 atom stereocenters. The molecule has 3 rings (SSSR count). The van der Waals surface area contributed by atoms with Crippen molar-refractivity contribution in [2.24, 2.45) is 0 Å². The topological polar surface area (TPSA) is 80.2 Å². The first-order valence-corrected chi connectivity index (χ1v) is 9.00. The number of hydrogen-bond acceptors (Lipinski definition) is 6. The molecular weight excluding hydrogens is 378 g/mol. The van der Waals surface area contributed by atoms with Crippen LogP contribution in [0.1, 0.15) is 12.5 Å². The van der Waals surface area contributed by atoms with Crippen LogP contribution in [0, 0.1) is 0 Å². The molecule has 0 amide bonds. The molecule has 0 saturated heterocycles. The van der Waals surface area contributed by atoms with Crippen molar-refractivity contribution in [3.05, 3.63) is 60.6 Å². The third-order valence-corrected chi connectivity index (χ3v) is 4.44. The molecule has 0 aliphatic heterocycles. The second-order valence-corrected chi connectivity index (χ2v) is 6.70. The number of aliphatic hydroxyl groups excluding tert-OH is 1. The molecule has 29 heavy (non-hydrogen) atoms. The standard InChI is InChI=1S/C21H22F2N4O2/c1-13(2)21(22,23)14-6-7-18(25-9-14)17-11-27-20(26-10-15(28)12-29-3)16-5-4-8-24-19(16)17/h4-9,11,15,28H,1,10,12H2,2-3H3,(H,26,27). The maximum atomic E-state index is 14.1. The summed E-state index contributed by atoms with van der Waals surface area (Å²) >= 11 is 0. The van der Waals surface area contributed by atoms with Gasteiger partial charge in [0.05, 0.1) is 23.9 Å². The van der Waals surface area contributed by atoms with E-state index in [1.165, 1.54) is 26.2 Å². The van der Waals surface area contributed by atoms with Crippen molar-refractivity contribution in [2.45, 2.75) is 19.0 Å². The SMILES string of the molecule is C=C(C)C(F)(F)c1ccc(-c2cnc(NCC(O)COC)c3cccnc23)nc1. The van der Waals surface area contributed by atoms with Gasteiger partial charge < -0.3 is 15.2 Å². The maximum absolute atomic E-state index is 14.1. The first-order valence-electron chi connectivity index (χ1n) is 9.00. The van der Waals surface area contributed by atoms with Crippen LogP contribution < -0.4 is 5.32 Å². The Labute approximate surface area is 167 Å². The molecule has 0 fully saturated rings. The van der Waals surface area contributed by atoms with Crippen LogP contribution in [0.25, 0.3) is 22.2 Å². The highest BCUT2D eigenvalue weighted by Gasteiger charge is 2.32. The number of nitrogens with one attached hydrogen (secondary N) is 1. The Kier molecular flexibility index (Phi) is 6.14. The second kappa shape index (κ2) is 8.59. The van der Waals surface area contributed by atoms with Crippen LogP contribution in [0.4, 0.5) is 14.6 Å². The van der Waals surface area contributed by atoms with Crippen LogP contribution in [0.15, 0.2) is 55.0 Å². The number of ether oxygens (including phenoxy) is 1. The van der Waals surface area contributed by atoms with Gasteiger partial charge in [0.1, 0.15) is 5.82 Å². The lowest BCUT2D eigenvalue weighted by Crippen LogP contribution is -2.24. The Morgan fingerprint density at radius 2 is 2.03 bits per heavy atom. The van der Waals surface area contributed by atoms with Gasteiger partial charge >= 0.3 is 0 Å². The van der Waals surface area contributed by atoms with E-state index in [4.69, 9.17) is 4.74 Å². The molecule has 0 bridgehead atoms. The Hall–Kier alpha value is -2.97. The normalized spacial score (nSPS) is 12.7. The van der Waals surface area contributed by atoms with E-state index in [9.17, 15) is 13.9 Å². The number of anilines is 1. The van der Waals surface area contributed by atoms with Gasteiger partial charge in [0, 0.05) is 48.8 Å². The number of methoxy groups -OCH3 is 1. The number of halogens is 2. The average molecular weight is 400 g/mol. The molecule has 152 valence electrons. The lowest BCUT2D eigenvalue weighted by molar-refractivity contribution is 0.0382. The number of nitrogens with zero attached hydrogens (tertiary/aromatic N) is 3. The van der Waals surface area contributed by atoms with Crippen LogP contribution in [-0.4, -0.2) is 46.4 Å². The first kappa shape index (κ1) is 20.8. The number of pyridine rings is 3. The zero-order valence-electron chi connectivity index (χ0n) is 16.2. The summed E-state index contributed by atoms with van der Waals surface area (Å²) in [6, 6.07) is 6.47. The van der Waals surface area contributed by atoms with E-state index in [2.05, 4.69) is 26.8 Å². The Morgan fingerprint density at radius 3 is 2.69 bits per heavy atom.